The highest BCUT2D eigenvalue weighted by Gasteiger charge is 2.19. The number of allylic oxidation sites excluding steroid dienone is 14. The Morgan fingerprint density at radius 3 is 0.985 bits per heavy atom. The molecule has 68 heavy (non-hydrogen) atoms. The number of ether oxygens (including phenoxy) is 3. The van der Waals surface area contributed by atoms with Crippen molar-refractivity contribution in [1.29, 1.82) is 0 Å². The van der Waals surface area contributed by atoms with E-state index in [9.17, 15) is 14.4 Å². The molecule has 0 aromatic heterocycles. The van der Waals surface area contributed by atoms with Crippen LogP contribution in [0.4, 0.5) is 0 Å². The summed E-state index contributed by atoms with van der Waals surface area (Å²) in [6, 6.07) is 0. The fourth-order valence-corrected chi connectivity index (χ4v) is 7.88. The quantitative estimate of drug-likeness (QED) is 0.0262. The molecule has 0 saturated heterocycles. The minimum Gasteiger partial charge on any atom is -0.462 e. The van der Waals surface area contributed by atoms with Gasteiger partial charge in [-0.3, -0.25) is 14.4 Å². The van der Waals surface area contributed by atoms with E-state index in [0.29, 0.717) is 19.3 Å². The Labute approximate surface area is 420 Å². The van der Waals surface area contributed by atoms with Crippen molar-refractivity contribution in [3.63, 3.8) is 0 Å². The molecule has 0 aliphatic heterocycles. The van der Waals surface area contributed by atoms with Crippen LogP contribution in [0, 0.1) is 0 Å². The minimum atomic E-state index is -0.808. The van der Waals surface area contributed by atoms with Crippen molar-refractivity contribution >= 4 is 17.9 Å². The van der Waals surface area contributed by atoms with Crippen molar-refractivity contribution < 1.29 is 28.6 Å². The first-order valence-corrected chi connectivity index (χ1v) is 28.6. The summed E-state index contributed by atoms with van der Waals surface area (Å²) in [5, 5.41) is 0. The molecule has 0 aliphatic rings. The summed E-state index contributed by atoms with van der Waals surface area (Å²) in [6.07, 6.45) is 72.9. The summed E-state index contributed by atoms with van der Waals surface area (Å²) < 4.78 is 16.8. The highest BCUT2D eigenvalue weighted by molar-refractivity contribution is 5.71. The highest BCUT2D eigenvalue weighted by atomic mass is 16.6. The molecular weight excluding hydrogens is 841 g/mol. The molecule has 0 aromatic rings. The van der Waals surface area contributed by atoms with Crippen LogP contribution in [0.3, 0.4) is 0 Å². The maximum absolute atomic E-state index is 12.8. The minimum absolute atomic E-state index is 0.0994. The van der Waals surface area contributed by atoms with Crippen LogP contribution in [-0.4, -0.2) is 37.2 Å². The molecule has 0 bridgehead atoms. The van der Waals surface area contributed by atoms with Gasteiger partial charge in [0, 0.05) is 19.3 Å². The molecule has 6 heteroatoms. The number of rotatable bonds is 51. The van der Waals surface area contributed by atoms with Gasteiger partial charge in [-0.05, 0) is 83.5 Å². The van der Waals surface area contributed by atoms with Crippen molar-refractivity contribution in [2.24, 2.45) is 0 Å². The Kier molecular flexibility index (Phi) is 53.4. The highest BCUT2D eigenvalue weighted by Crippen LogP contribution is 2.15. The van der Waals surface area contributed by atoms with Gasteiger partial charge in [0.2, 0.25) is 0 Å². The summed E-state index contributed by atoms with van der Waals surface area (Å²) in [5.74, 6) is -0.985. The zero-order valence-electron chi connectivity index (χ0n) is 44.6. The number of carbonyl (C=O) groups excluding carboxylic acids is 3. The predicted molar refractivity (Wildman–Crippen MR) is 293 cm³/mol. The molecule has 0 aromatic carbocycles. The zero-order valence-corrected chi connectivity index (χ0v) is 44.6. The zero-order chi connectivity index (χ0) is 49.3. The first-order valence-electron chi connectivity index (χ1n) is 28.6. The molecule has 0 N–H and O–H groups in total. The molecular formula is C62H106O6. The monoisotopic (exact) mass is 947 g/mol. The Morgan fingerprint density at radius 2 is 0.603 bits per heavy atom. The van der Waals surface area contributed by atoms with Crippen LogP contribution in [0.1, 0.15) is 271 Å². The van der Waals surface area contributed by atoms with E-state index in [0.717, 1.165) is 77.0 Å². The number of esters is 3. The Hall–Kier alpha value is -3.41. The van der Waals surface area contributed by atoms with Crippen molar-refractivity contribution in [2.45, 2.75) is 277 Å². The van der Waals surface area contributed by atoms with Gasteiger partial charge in [-0.1, -0.05) is 254 Å². The lowest BCUT2D eigenvalue weighted by atomic mass is 10.0. The van der Waals surface area contributed by atoms with E-state index < -0.39 is 6.10 Å². The van der Waals surface area contributed by atoms with Crippen LogP contribution in [-0.2, 0) is 28.6 Å². The van der Waals surface area contributed by atoms with Gasteiger partial charge in [0.1, 0.15) is 13.2 Å². The summed E-state index contributed by atoms with van der Waals surface area (Å²) in [5.41, 5.74) is 0. The molecule has 6 nitrogen and oxygen atoms in total. The lowest BCUT2D eigenvalue weighted by Crippen LogP contribution is -2.30. The third kappa shape index (κ3) is 53.5. The fraction of sp³-hybridized carbons (Fsp3) is 0.726. The van der Waals surface area contributed by atoms with Crippen LogP contribution < -0.4 is 0 Å². The molecule has 390 valence electrons. The van der Waals surface area contributed by atoms with Gasteiger partial charge >= 0.3 is 17.9 Å². The Bertz CT molecular complexity index is 1320. The molecule has 0 amide bonds. The number of hydrogen-bond acceptors (Lipinski definition) is 6. The van der Waals surface area contributed by atoms with Crippen LogP contribution in [0.25, 0.3) is 0 Å². The first kappa shape index (κ1) is 64.6. The average molecular weight is 948 g/mol. The van der Waals surface area contributed by atoms with Crippen LogP contribution in [0.2, 0.25) is 0 Å². The van der Waals surface area contributed by atoms with Crippen LogP contribution in [0.5, 0.6) is 0 Å². The lowest BCUT2D eigenvalue weighted by molar-refractivity contribution is -0.166. The van der Waals surface area contributed by atoms with E-state index in [1.165, 1.54) is 148 Å². The van der Waals surface area contributed by atoms with E-state index in [-0.39, 0.29) is 37.5 Å². The Morgan fingerprint density at radius 1 is 0.309 bits per heavy atom. The van der Waals surface area contributed by atoms with Gasteiger partial charge < -0.3 is 14.2 Å². The number of carbonyl (C=O) groups is 3. The third-order valence-electron chi connectivity index (χ3n) is 12.1. The van der Waals surface area contributed by atoms with E-state index >= 15 is 0 Å². The molecule has 0 heterocycles. The molecule has 0 spiro atoms. The van der Waals surface area contributed by atoms with E-state index in [1.54, 1.807) is 0 Å². The van der Waals surface area contributed by atoms with Crippen molar-refractivity contribution in [1.82, 2.24) is 0 Å². The van der Waals surface area contributed by atoms with Gasteiger partial charge in [-0.15, -0.1) is 0 Å². The number of unbranched alkanes of at least 4 members (excludes halogenated alkanes) is 26. The summed E-state index contributed by atoms with van der Waals surface area (Å²) in [4.78, 5) is 38.1. The summed E-state index contributed by atoms with van der Waals surface area (Å²) in [6.45, 7) is 6.47. The molecule has 0 aliphatic carbocycles. The van der Waals surface area contributed by atoms with E-state index in [2.05, 4.69) is 99.8 Å². The first-order chi connectivity index (χ1) is 33.5. The van der Waals surface area contributed by atoms with Crippen molar-refractivity contribution in [3.8, 4) is 0 Å². The van der Waals surface area contributed by atoms with Gasteiger partial charge in [-0.2, -0.15) is 0 Å². The van der Waals surface area contributed by atoms with Gasteiger partial charge in [0.05, 0.1) is 0 Å². The maximum Gasteiger partial charge on any atom is 0.306 e. The second-order valence-electron chi connectivity index (χ2n) is 18.8. The topological polar surface area (TPSA) is 78.9 Å². The van der Waals surface area contributed by atoms with Crippen LogP contribution in [0.15, 0.2) is 85.1 Å². The van der Waals surface area contributed by atoms with Crippen molar-refractivity contribution in [3.05, 3.63) is 85.1 Å². The second-order valence-corrected chi connectivity index (χ2v) is 18.8. The fourth-order valence-electron chi connectivity index (χ4n) is 7.88. The second kappa shape index (κ2) is 56.2. The lowest BCUT2D eigenvalue weighted by Gasteiger charge is -2.18. The molecule has 0 radical (unpaired) electrons. The van der Waals surface area contributed by atoms with Gasteiger partial charge in [0.25, 0.3) is 0 Å². The van der Waals surface area contributed by atoms with E-state index in [1.807, 2.05) is 6.08 Å². The average Bonchev–Trinajstić information content (AvgIpc) is 3.34. The number of hydrogen-bond donors (Lipinski definition) is 0. The molecule has 0 rings (SSSR count). The third-order valence-corrected chi connectivity index (χ3v) is 12.1. The van der Waals surface area contributed by atoms with Gasteiger partial charge in [0.15, 0.2) is 6.10 Å². The molecule has 1 atom stereocenters. The molecule has 1 unspecified atom stereocenters. The van der Waals surface area contributed by atoms with Gasteiger partial charge in [-0.25, -0.2) is 0 Å². The predicted octanol–water partition coefficient (Wildman–Crippen LogP) is 19.2. The van der Waals surface area contributed by atoms with Crippen molar-refractivity contribution in [2.75, 3.05) is 13.2 Å². The molecule has 0 fully saturated rings. The largest absolute Gasteiger partial charge is 0.462 e. The SMILES string of the molecule is CC/C=C\C/C=C\C/C=C\C/C=C\C/C=C\C/C=C\CCC(=O)OCC(COC(=O)CCCCCCCCCCCCCCCC)OC(=O)CCCCCCCCC/C=C\CCCCCCCC. The standard InChI is InChI=1S/C62H106O6/c1-4-7-10-13-16-19-22-25-28-30-31-33-34-37-40-43-46-49-52-55-61(64)67-58-59(57-66-60(63)54-51-48-45-42-39-36-27-24-21-18-15-12-9-6-3)68-62(65)56-53-50-47-44-41-38-35-32-29-26-23-20-17-14-11-8-5-2/h7,10,16,19,25-26,28-29,31,33,37,40,46,49,59H,4-6,8-9,11-15,17-18,20-24,27,30,32,34-36,38-39,41-45,47-48,50-58H2,1-3H3/b10-7-,19-16-,28-25-,29-26-,33-31-,40-37-,49-46-. The molecule has 0 saturated carbocycles. The van der Waals surface area contributed by atoms with E-state index in [4.69, 9.17) is 14.2 Å². The smallest absolute Gasteiger partial charge is 0.306 e. The normalized spacial score (nSPS) is 12.7. The Balaban J connectivity index is 4.49. The summed E-state index contributed by atoms with van der Waals surface area (Å²) >= 11 is 0. The maximum atomic E-state index is 12.8. The van der Waals surface area contributed by atoms with Crippen LogP contribution >= 0.6 is 0 Å². The summed E-state index contributed by atoms with van der Waals surface area (Å²) in [7, 11) is 0.